The predicted molar refractivity (Wildman–Crippen MR) is 26.8 cm³/mol. The molecule has 7 heavy (non-hydrogen) atoms. The second-order valence-corrected chi connectivity index (χ2v) is 1.57. The van der Waals surface area contributed by atoms with E-state index in [-0.39, 0.29) is 8.41 Å². The highest BCUT2D eigenvalue weighted by atomic mass is 32.3. The summed E-state index contributed by atoms with van der Waals surface area (Å²) >= 11 is 0. The summed E-state index contributed by atoms with van der Waals surface area (Å²) in [5, 5.41) is 0. The molecule has 0 heterocycles. The summed E-state index contributed by atoms with van der Waals surface area (Å²) < 4.78 is 28.8. The van der Waals surface area contributed by atoms with Gasteiger partial charge in [-0.25, -0.2) is 0 Å². The van der Waals surface area contributed by atoms with Crippen LogP contribution in [0.1, 0.15) is 0 Å². The Morgan fingerprint density at radius 2 is 1.71 bits per heavy atom. The zero-order chi connectivity index (χ0) is 5.21. The van der Waals surface area contributed by atoms with Gasteiger partial charge in [-0.3, -0.25) is 4.55 Å². The molecule has 0 aliphatic heterocycles. The van der Waals surface area contributed by atoms with Crippen molar-refractivity contribution < 1.29 is 17.3 Å². The van der Waals surface area contributed by atoms with E-state index in [1.165, 1.54) is 0 Å². The van der Waals surface area contributed by atoms with Crippen LogP contribution in [0.25, 0.3) is 0 Å². The van der Waals surface area contributed by atoms with Crippen molar-refractivity contribution in [1.82, 2.24) is 0 Å². The second kappa shape index (κ2) is 2.97. The molecule has 0 aromatic rings. The maximum Gasteiger partial charge on any atom is 0.413 e. The second-order valence-electron chi connectivity index (χ2n) is 0.524. The smallest absolute Gasteiger partial charge is 0.262 e. The van der Waals surface area contributed by atoms with Gasteiger partial charge in [0.2, 0.25) is 0 Å². The highest BCUT2D eigenvalue weighted by Gasteiger charge is 1.95. The first-order valence-corrected chi connectivity index (χ1v) is 2.28. The van der Waals surface area contributed by atoms with Crippen LogP contribution in [0.15, 0.2) is 0 Å². The van der Waals surface area contributed by atoms with E-state index < -0.39 is 10.4 Å². The number of nitrogens with two attached hydrogens (primary N) is 1. The molecule has 0 aromatic heterocycles. The molecule has 0 radical (unpaired) electrons. The lowest BCUT2D eigenvalue weighted by Crippen LogP contribution is -2.08. The van der Waals surface area contributed by atoms with Crippen LogP contribution >= 0.6 is 0 Å². The zero-order valence-corrected chi connectivity index (χ0v) is 3.47. The summed E-state index contributed by atoms with van der Waals surface area (Å²) in [7, 11) is -4.38. The average molecular weight is 127 g/mol. The minimum Gasteiger partial charge on any atom is -0.262 e. The summed E-state index contributed by atoms with van der Waals surface area (Å²) in [6.07, 6.45) is 0. The van der Waals surface area contributed by atoms with Crippen molar-refractivity contribution in [2.45, 2.75) is 0 Å². The third kappa shape index (κ3) is 10.7. The molecule has 0 atom stereocenters. The molecule has 0 saturated heterocycles. The standard InChI is InChI=1S/BH3.H3NO4S/c;1-5-6(2,3)4/h1H3;1H2,(H,2,3,4). The van der Waals surface area contributed by atoms with E-state index in [1.807, 2.05) is 0 Å². The van der Waals surface area contributed by atoms with E-state index >= 15 is 0 Å². The fraction of sp³-hybridized carbons (Fsp3) is 0. The molecule has 5 nitrogen and oxygen atoms in total. The molecule has 0 unspecified atom stereocenters. The van der Waals surface area contributed by atoms with Gasteiger partial charge in [0.25, 0.3) is 0 Å². The van der Waals surface area contributed by atoms with Crippen LogP contribution in [0.4, 0.5) is 0 Å². The first-order chi connectivity index (χ1) is 2.56. The summed E-state index contributed by atoms with van der Waals surface area (Å²) in [5.41, 5.74) is 0. The van der Waals surface area contributed by atoms with Crippen molar-refractivity contribution >= 4 is 18.8 Å². The Balaban J connectivity index is 0. The summed E-state index contributed by atoms with van der Waals surface area (Å²) in [6, 6.07) is 0. The Labute approximate surface area is 42.9 Å². The highest BCUT2D eigenvalue weighted by Crippen LogP contribution is 1.70. The van der Waals surface area contributed by atoms with Crippen molar-refractivity contribution in [1.29, 1.82) is 0 Å². The minimum atomic E-state index is -4.38. The number of rotatable bonds is 1. The maximum atomic E-state index is 9.21. The van der Waals surface area contributed by atoms with Gasteiger partial charge in [0.05, 0.1) is 8.41 Å². The third-order valence-electron chi connectivity index (χ3n) is 0.122. The maximum absolute atomic E-state index is 9.21. The molecule has 0 bridgehead atoms. The molecule has 0 spiro atoms. The van der Waals surface area contributed by atoms with Gasteiger partial charge in [0, 0.05) is 0 Å². The van der Waals surface area contributed by atoms with E-state index in [2.05, 4.69) is 10.2 Å². The van der Waals surface area contributed by atoms with Gasteiger partial charge in [-0.2, -0.15) is 18.6 Å². The van der Waals surface area contributed by atoms with Gasteiger partial charge >= 0.3 is 10.4 Å². The van der Waals surface area contributed by atoms with Crippen molar-refractivity contribution in [3.05, 3.63) is 0 Å². The van der Waals surface area contributed by atoms with Crippen molar-refractivity contribution in [3.63, 3.8) is 0 Å². The van der Waals surface area contributed by atoms with Crippen LogP contribution in [0.3, 0.4) is 0 Å². The van der Waals surface area contributed by atoms with E-state index in [4.69, 9.17) is 4.55 Å². The number of hydrogen-bond acceptors (Lipinski definition) is 4. The SMILES string of the molecule is B.NOS(=O)(=O)O. The molecule has 0 aliphatic carbocycles. The summed E-state index contributed by atoms with van der Waals surface area (Å²) in [5.74, 6) is 3.97. The van der Waals surface area contributed by atoms with E-state index in [0.717, 1.165) is 0 Å². The molecule has 0 amide bonds. The van der Waals surface area contributed by atoms with Gasteiger partial charge in [-0.05, 0) is 0 Å². The normalized spacial score (nSPS) is 10.0. The lowest BCUT2D eigenvalue weighted by Gasteiger charge is -1.81. The van der Waals surface area contributed by atoms with Gasteiger partial charge in [0.1, 0.15) is 0 Å². The molecule has 0 fully saturated rings. The minimum absolute atomic E-state index is 0. The summed E-state index contributed by atoms with van der Waals surface area (Å²) in [6.45, 7) is 0. The molecule has 3 N–H and O–H groups in total. The largest absolute Gasteiger partial charge is 0.413 e. The first kappa shape index (κ1) is 10.00. The lowest BCUT2D eigenvalue weighted by molar-refractivity contribution is 0.277. The van der Waals surface area contributed by atoms with Gasteiger partial charge in [-0.1, -0.05) is 0 Å². The molecular weight excluding hydrogens is 121 g/mol. The monoisotopic (exact) mass is 127 g/mol. The zero-order valence-electron chi connectivity index (χ0n) is 2.66. The lowest BCUT2D eigenvalue weighted by atomic mass is 10.8. The van der Waals surface area contributed by atoms with Gasteiger partial charge in [0.15, 0.2) is 0 Å². The van der Waals surface area contributed by atoms with Crippen LogP contribution in [-0.2, 0) is 14.7 Å². The molecule has 7 heteroatoms. The molecule has 0 saturated carbocycles. The van der Waals surface area contributed by atoms with Crippen LogP contribution in [0.2, 0.25) is 0 Å². The average Bonchev–Trinajstić information content (AvgIpc) is 1.35. The highest BCUT2D eigenvalue weighted by molar-refractivity contribution is 7.80. The molecule has 0 aliphatic rings. The van der Waals surface area contributed by atoms with E-state index in [9.17, 15) is 8.42 Å². The van der Waals surface area contributed by atoms with E-state index in [0.29, 0.717) is 0 Å². The molecule has 0 rings (SSSR count). The third-order valence-corrected chi connectivity index (χ3v) is 0.365. The molecule has 44 valence electrons. The molecule has 0 aromatic carbocycles. The Morgan fingerprint density at radius 1 is 1.57 bits per heavy atom. The Bertz CT molecular complexity index is 114. The number of hydrogen-bond donors (Lipinski definition) is 2. The van der Waals surface area contributed by atoms with Crippen molar-refractivity contribution in [2.24, 2.45) is 5.90 Å². The Morgan fingerprint density at radius 3 is 1.71 bits per heavy atom. The van der Waals surface area contributed by atoms with Crippen molar-refractivity contribution in [2.75, 3.05) is 0 Å². The van der Waals surface area contributed by atoms with Gasteiger partial charge < -0.3 is 0 Å². The van der Waals surface area contributed by atoms with Crippen LogP contribution in [0, 0.1) is 0 Å². The van der Waals surface area contributed by atoms with Crippen LogP contribution in [-0.4, -0.2) is 21.4 Å². The van der Waals surface area contributed by atoms with E-state index in [1.54, 1.807) is 0 Å². The summed E-state index contributed by atoms with van der Waals surface area (Å²) in [4.78, 5) is 0. The Hall–Kier alpha value is -0.105. The topological polar surface area (TPSA) is 89.6 Å². The quantitative estimate of drug-likeness (QED) is 0.231. The van der Waals surface area contributed by atoms with Gasteiger partial charge in [-0.15, -0.1) is 0 Å². The van der Waals surface area contributed by atoms with Crippen LogP contribution in [0.5, 0.6) is 0 Å². The fourth-order valence-corrected chi connectivity index (χ4v) is 0. The Kier molecular flexibility index (Phi) is 4.24. The molecular formula is H6BNO4S. The predicted octanol–water partition coefficient (Wildman–Crippen LogP) is -2.50. The van der Waals surface area contributed by atoms with Crippen LogP contribution < -0.4 is 5.90 Å². The van der Waals surface area contributed by atoms with Crippen molar-refractivity contribution in [3.8, 4) is 0 Å². The fourth-order valence-electron chi connectivity index (χ4n) is 0. The first-order valence-electron chi connectivity index (χ1n) is 0.918.